The molecule has 0 N–H and O–H groups in total. The largest absolute Gasteiger partial charge is 0.465 e. The highest BCUT2D eigenvalue weighted by Gasteiger charge is 2.18. The second-order valence-electron chi connectivity index (χ2n) is 3.37. The van der Waals surface area contributed by atoms with Crippen LogP contribution < -0.4 is 0 Å². The lowest BCUT2D eigenvalue weighted by Gasteiger charge is -2.09. The lowest BCUT2D eigenvalue weighted by Crippen LogP contribution is -2.18. The average Bonchev–Trinajstić information content (AvgIpc) is 2.64. The van der Waals surface area contributed by atoms with Crippen molar-refractivity contribution in [3.8, 4) is 0 Å². The van der Waals surface area contributed by atoms with Gasteiger partial charge in [0.1, 0.15) is 5.25 Å². The molecule has 1 unspecified atom stereocenters. The predicted octanol–water partition coefficient (Wildman–Crippen LogP) is 1.03. The Balaban J connectivity index is 2.37. The van der Waals surface area contributed by atoms with Crippen LogP contribution in [0, 0.1) is 0 Å². The number of aromatic nitrogens is 4. The van der Waals surface area contributed by atoms with E-state index in [2.05, 4.69) is 22.4 Å². The summed E-state index contributed by atoms with van der Waals surface area (Å²) in [5.74, 6) is -0.221. The third-order valence-corrected chi connectivity index (χ3v) is 3.04. The number of tetrazole rings is 1. The predicted molar refractivity (Wildman–Crippen MR) is 60.0 cm³/mol. The second kappa shape index (κ2) is 6.47. The smallest absolute Gasteiger partial charge is 0.319 e. The van der Waals surface area contributed by atoms with Crippen LogP contribution in [0.3, 0.4) is 0 Å². The van der Waals surface area contributed by atoms with Gasteiger partial charge in [0, 0.05) is 7.05 Å². The highest BCUT2D eigenvalue weighted by atomic mass is 32.2. The number of rotatable bonds is 6. The number of nitrogens with zero attached hydrogens (tertiary/aromatic N) is 4. The van der Waals surface area contributed by atoms with Crippen molar-refractivity contribution in [1.82, 2.24) is 20.2 Å². The van der Waals surface area contributed by atoms with Crippen molar-refractivity contribution in [3.63, 3.8) is 0 Å². The summed E-state index contributed by atoms with van der Waals surface area (Å²) < 4.78 is 6.62. The fraction of sp³-hybridized carbons (Fsp3) is 0.778. The first-order valence-corrected chi connectivity index (χ1v) is 6.08. The van der Waals surface area contributed by atoms with Crippen LogP contribution in [-0.4, -0.2) is 38.0 Å². The molecule has 1 aromatic heterocycles. The number of aryl methyl sites for hydroxylation is 1. The zero-order valence-corrected chi connectivity index (χ0v) is 10.5. The van der Waals surface area contributed by atoms with Crippen LogP contribution in [-0.2, 0) is 16.6 Å². The van der Waals surface area contributed by atoms with E-state index in [1.54, 1.807) is 14.0 Å². The van der Waals surface area contributed by atoms with E-state index in [4.69, 9.17) is 4.74 Å². The fourth-order valence-corrected chi connectivity index (χ4v) is 1.71. The van der Waals surface area contributed by atoms with E-state index in [-0.39, 0.29) is 11.2 Å². The summed E-state index contributed by atoms with van der Waals surface area (Å²) in [5.41, 5.74) is 0. The van der Waals surface area contributed by atoms with Crippen LogP contribution in [0.5, 0.6) is 0 Å². The Bertz CT molecular complexity index is 342. The first-order chi connectivity index (χ1) is 7.65. The lowest BCUT2D eigenvalue weighted by atomic mass is 10.4. The Morgan fingerprint density at radius 3 is 2.94 bits per heavy atom. The van der Waals surface area contributed by atoms with Crippen LogP contribution in [0.25, 0.3) is 0 Å². The molecule has 1 atom stereocenters. The number of hydrogen-bond donors (Lipinski definition) is 0. The zero-order valence-electron chi connectivity index (χ0n) is 9.71. The standard InChI is InChI=1S/C9H16N4O2S/c1-4-5-6-15-8(14)7(2)16-9-10-11-12-13(9)3/h7H,4-6H2,1-3H3. The van der Waals surface area contributed by atoms with Crippen LogP contribution in [0.1, 0.15) is 26.7 Å². The minimum atomic E-state index is -0.290. The first kappa shape index (κ1) is 13.0. The van der Waals surface area contributed by atoms with E-state index in [9.17, 15) is 4.79 Å². The van der Waals surface area contributed by atoms with Gasteiger partial charge in [-0.25, -0.2) is 4.68 Å². The molecule has 0 amide bonds. The molecule has 0 aliphatic carbocycles. The van der Waals surface area contributed by atoms with Gasteiger partial charge in [-0.15, -0.1) is 5.10 Å². The van der Waals surface area contributed by atoms with E-state index < -0.39 is 0 Å². The van der Waals surface area contributed by atoms with Crippen molar-refractivity contribution in [2.45, 2.75) is 37.1 Å². The minimum absolute atomic E-state index is 0.221. The van der Waals surface area contributed by atoms with Gasteiger partial charge in [-0.1, -0.05) is 25.1 Å². The third-order valence-electron chi connectivity index (χ3n) is 1.94. The molecule has 1 heterocycles. The molecule has 90 valence electrons. The van der Waals surface area contributed by atoms with Crippen molar-refractivity contribution < 1.29 is 9.53 Å². The highest BCUT2D eigenvalue weighted by Crippen LogP contribution is 2.20. The Morgan fingerprint density at radius 2 is 2.38 bits per heavy atom. The molecule has 16 heavy (non-hydrogen) atoms. The summed E-state index contributed by atoms with van der Waals surface area (Å²) in [7, 11) is 1.73. The molecular formula is C9H16N4O2S. The van der Waals surface area contributed by atoms with Gasteiger partial charge in [0.05, 0.1) is 6.61 Å². The van der Waals surface area contributed by atoms with Gasteiger partial charge in [0.2, 0.25) is 5.16 Å². The number of carbonyl (C=O) groups excluding carboxylic acids is 1. The maximum atomic E-state index is 11.5. The Labute approximate surface area is 98.7 Å². The van der Waals surface area contributed by atoms with Gasteiger partial charge >= 0.3 is 5.97 Å². The molecule has 0 bridgehead atoms. The van der Waals surface area contributed by atoms with Crippen molar-refractivity contribution in [1.29, 1.82) is 0 Å². The maximum Gasteiger partial charge on any atom is 0.319 e. The molecule has 0 radical (unpaired) electrons. The van der Waals surface area contributed by atoms with Crippen LogP contribution >= 0.6 is 11.8 Å². The van der Waals surface area contributed by atoms with Crippen LogP contribution in [0.2, 0.25) is 0 Å². The van der Waals surface area contributed by atoms with E-state index >= 15 is 0 Å². The van der Waals surface area contributed by atoms with Crippen LogP contribution in [0.15, 0.2) is 5.16 Å². The second-order valence-corrected chi connectivity index (χ2v) is 4.67. The molecule has 0 saturated carbocycles. The maximum absolute atomic E-state index is 11.5. The fourth-order valence-electron chi connectivity index (χ4n) is 0.962. The van der Waals surface area contributed by atoms with Gasteiger partial charge in [0.25, 0.3) is 0 Å². The third kappa shape index (κ3) is 3.80. The minimum Gasteiger partial charge on any atom is -0.465 e. The topological polar surface area (TPSA) is 69.9 Å². The molecule has 0 fully saturated rings. The number of esters is 1. The summed E-state index contributed by atoms with van der Waals surface area (Å²) in [6.45, 7) is 4.32. The van der Waals surface area contributed by atoms with E-state index in [0.29, 0.717) is 11.8 Å². The van der Waals surface area contributed by atoms with Crippen molar-refractivity contribution in [2.24, 2.45) is 7.05 Å². The molecule has 0 aromatic carbocycles. The number of unbranched alkanes of at least 4 members (excludes halogenated alkanes) is 1. The summed E-state index contributed by atoms with van der Waals surface area (Å²) >= 11 is 1.30. The van der Waals surface area contributed by atoms with Crippen molar-refractivity contribution >= 4 is 17.7 Å². The molecule has 0 saturated heterocycles. The van der Waals surface area contributed by atoms with E-state index in [1.165, 1.54) is 16.4 Å². The normalized spacial score (nSPS) is 12.4. The summed E-state index contributed by atoms with van der Waals surface area (Å²) in [6, 6.07) is 0. The average molecular weight is 244 g/mol. The Morgan fingerprint density at radius 1 is 1.62 bits per heavy atom. The number of thioether (sulfide) groups is 1. The molecule has 0 aliphatic heterocycles. The monoisotopic (exact) mass is 244 g/mol. The Kier molecular flexibility index (Phi) is 5.24. The molecule has 6 nitrogen and oxygen atoms in total. The molecular weight excluding hydrogens is 228 g/mol. The SMILES string of the molecule is CCCCOC(=O)C(C)Sc1nnnn1C. The van der Waals surface area contributed by atoms with Crippen molar-refractivity contribution in [2.75, 3.05) is 6.61 Å². The van der Waals surface area contributed by atoms with Gasteiger partial charge in [-0.2, -0.15) is 0 Å². The van der Waals surface area contributed by atoms with Crippen molar-refractivity contribution in [3.05, 3.63) is 0 Å². The first-order valence-electron chi connectivity index (χ1n) is 5.20. The quantitative estimate of drug-likeness (QED) is 0.423. The van der Waals surface area contributed by atoms with E-state index in [0.717, 1.165) is 12.8 Å². The summed E-state index contributed by atoms with van der Waals surface area (Å²) in [5, 5.41) is 11.3. The number of ether oxygens (including phenoxy) is 1. The highest BCUT2D eigenvalue weighted by molar-refractivity contribution is 8.00. The van der Waals surface area contributed by atoms with E-state index in [1.807, 2.05) is 0 Å². The molecule has 1 rings (SSSR count). The molecule has 1 aromatic rings. The molecule has 0 spiro atoms. The molecule has 7 heteroatoms. The summed E-state index contributed by atoms with van der Waals surface area (Å²) in [6.07, 6.45) is 1.91. The number of hydrogen-bond acceptors (Lipinski definition) is 6. The van der Waals surface area contributed by atoms with Gasteiger partial charge in [-0.3, -0.25) is 4.79 Å². The molecule has 0 aliphatic rings. The Hall–Kier alpha value is -1.11. The van der Waals surface area contributed by atoms with Gasteiger partial charge in [-0.05, 0) is 23.8 Å². The van der Waals surface area contributed by atoms with Crippen LogP contribution in [0.4, 0.5) is 0 Å². The summed E-state index contributed by atoms with van der Waals surface area (Å²) in [4.78, 5) is 11.5. The lowest BCUT2D eigenvalue weighted by molar-refractivity contribution is -0.142. The van der Waals surface area contributed by atoms with Gasteiger partial charge in [0.15, 0.2) is 0 Å². The number of carbonyl (C=O) groups is 1. The zero-order chi connectivity index (χ0) is 12.0. The van der Waals surface area contributed by atoms with Gasteiger partial charge < -0.3 is 4.74 Å².